The third-order valence-electron chi connectivity index (χ3n) is 5.23. The van der Waals surface area contributed by atoms with Crippen LogP contribution in [0.3, 0.4) is 0 Å². The smallest absolute Gasteiger partial charge is 0.191 e. The molecule has 1 aromatic heterocycles. The zero-order chi connectivity index (χ0) is 19.3. The molecule has 1 aliphatic rings. The number of benzene rings is 1. The SMILES string of the molecule is CCNC(=NCc1c(CC)noc1CC)NCC1(c2cccc(F)c2)CC1.I. The van der Waals surface area contributed by atoms with Crippen LogP contribution in [-0.4, -0.2) is 24.2 Å². The first-order valence-electron chi connectivity index (χ1n) is 9.86. The Morgan fingerprint density at radius 1 is 1.21 bits per heavy atom. The van der Waals surface area contributed by atoms with Crippen LogP contribution in [0.1, 0.15) is 56.2 Å². The number of halogens is 2. The van der Waals surface area contributed by atoms with Crippen molar-refractivity contribution >= 4 is 29.9 Å². The lowest BCUT2D eigenvalue weighted by Crippen LogP contribution is -2.41. The monoisotopic (exact) mass is 500 g/mol. The third-order valence-corrected chi connectivity index (χ3v) is 5.23. The molecule has 1 heterocycles. The summed E-state index contributed by atoms with van der Waals surface area (Å²) in [6.45, 7) is 8.25. The summed E-state index contributed by atoms with van der Waals surface area (Å²) in [6, 6.07) is 6.94. The van der Waals surface area contributed by atoms with Crippen molar-refractivity contribution in [2.24, 2.45) is 4.99 Å². The maximum absolute atomic E-state index is 13.6. The van der Waals surface area contributed by atoms with Gasteiger partial charge in [0.2, 0.25) is 0 Å². The van der Waals surface area contributed by atoms with Crippen molar-refractivity contribution in [1.82, 2.24) is 15.8 Å². The average molecular weight is 500 g/mol. The summed E-state index contributed by atoms with van der Waals surface area (Å²) in [5.74, 6) is 1.50. The van der Waals surface area contributed by atoms with Gasteiger partial charge in [0.1, 0.15) is 11.6 Å². The van der Waals surface area contributed by atoms with E-state index in [0.717, 1.165) is 67.3 Å². The quantitative estimate of drug-likeness (QED) is 0.322. The second kappa shape index (κ2) is 10.2. The molecule has 3 rings (SSSR count). The van der Waals surface area contributed by atoms with Gasteiger partial charge in [-0.25, -0.2) is 9.38 Å². The summed E-state index contributed by atoms with van der Waals surface area (Å²) < 4.78 is 19.0. The first-order valence-corrected chi connectivity index (χ1v) is 9.86. The molecule has 0 saturated heterocycles. The zero-order valence-corrected chi connectivity index (χ0v) is 19.2. The number of hydrogen-bond donors (Lipinski definition) is 2. The highest BCUT2D eigenvalue weighted by Gasteiger charge is 2.44. The van der Waals surface area contributed by atoms with Crippen molar-refractivity contribution < 1.29 is 8.91 Å². The molecule has 2 aromatic rings. The molecule has 1 saturated carbocycles. The molecule has 1 aliphatic carbocycles. The predicted molar refractivity (Wildman–Crippen MR) is 121 cm³/mol. The van der Waals surface area contributed by atoms with Gasteiger partial charge < -0.3 is 15.2 Å². The first-order chi connectivity index (χ1) is 13.1. The van der Waals surface area contributed by atoms with E-state index in [1.165, 1.54) is 6.07 Å². The summed E-state index contributed by atoms with van der Waals surface area (Å²) in [5, 5.41) is 10.9. The summed E-state index contributed by atoms with van der Waals surface area (Å²) in [6.07, 6.45) is 3.77. The van der Waals surface area contributed by atoms with Crippen molar-refractivity contribution in [2.75, 3.05) is 13.1 Å². The molecule has 154 valence electrons. The van der Waals surface area contributed by atoms with Gasteiger partial charge in [0.25, 0.3) is 0 Å². The maximum atomic E-state index is 13.6. The predicted octanol–water partition coefficient (Wildman–Crippen LogP) is 4.34. The van der Waals surface area contributed by atoms with Crippen molar-refractivity contribution in [2.45, 2.75) is 58.4 Å². The van der Waals surface area contributed by atoms with E-state index in [1.807, 2.05) is 13.0 Å². The summed E-state index contributed by atoms with van der Waals surface area (Å²) in [7, 11) is 0. The van der Waals surface area contributed by atoms with E-state index in [4.69, 9.17) is 9.52 Å². The van der Waals surface area contributed by atoms with Gasteiger partial charge >= 0.3 is 0 Å². The number of rotatable bonds is 8. The second-order valence-electron chi connectivity index (χ2n) is 7.08. The molecular weight excluding hydrogens is 470 g/mol. The van der Waals surface area contributed by atoms with Crippen LogP contribution >= 0.6 is 24.0 Å². The average Bonchev–Trinajstić information content (AvgIpc) is 3.37. The van der Waals surface area contributed by atoms with Crippen LogP contribution in [0.25, 0.3) is 0 Å². The zero-order valence-electron chi connectivity index (χ0n) is 16.8. The fourth-order valence-corrected chi connectivity index (χ4v) is 3.41. The molecule has 0 radical (unpaired) electrons. The molecule has 1 aromatic carbocycles. The Morgan fingerprint density at radius 2 is 2.00 bits per heavy atom. The Hall–Kier alpha value is -1.64. The number of aliphatic imine (C=N–C) groups is 1. The molecule has 0 aliphatic heterocycles. The molecule has 28 heavy (non-hydrogen) atoms. The van der Waals surface area contributed by atoms with Crippen molar-refractivity contribution in [3.05, 3.63) is 52.7 Å². The number of nitrogens with one attached hydrogen (secondary N) is 2. The van der Waals surface area contributed by atoms with Crippen LogP contribution in [0, 0.1) is 5.82 Å². The Morgan fingerprint density at radius 3 is 2.61 bits per heavy atom. The Balaban J connectivity index is 0.00000280. The normalized spacial score (nSPS) is 15.1. The van der Waals surface area contributed by atoms with Crippen LogP contribution in [0.15, 0.2) is 33.8 Å². The van der Waals surface area contributed by atoms with E-state index in [1.54, 1.807) is 12.1 Å². The number of aromatic nitrogens is 1. The number of aryl methyl sites for hydroxylation is 2. The Kier molecular flexibility index (Phi) is 8.27. The molecule has 0 amide bonds. The second-order valence-corrected chi connectivity index (χ2v) is 7.08. The van der Waals surface area contributed by atoms with Gasteiger partial charge in [-0.15, -0.1) is 24.0 Å². The van der Waals surface area contributed by atoms with Gasteiger partial charge in [0, 0.05) is 30.5 Å². The molecule has 1 fully saturated rings. The maximum Gasteiger partial charge on any atom is 0.191 e. The van der Waals surface area contributed by atoms with Crippen LogP contribution in [0.5, 0.6) is 0 Å². The van der Waals surface area contributed by atoms with Crippen molar-refractivity contribution in [1.29, 1.82) is 0 Å². The van der Waals surface area contributed by atoms with E-state index in [-0.39, 0.29) is 35.2 Å². The van der Waals surface area contributed by atoms with E-state index < -0.39 is 0 Å². The van der Waals surface area contributed by atoms with Crippen LogP contribution in [-0.2, 0) is 24.8 Å². The molecule has 0 atom stereocenters. The third kappa shape index (κ3) is 5.24. The van der Waals surface area contributed by atoms with E-state index in [9.17, 15) is 4.39 Å². The van der Waals surface area contributed by atoms with Crippen molar-refractivity contribution in [3.63, 3.8) is 0 Å². The Labute approximate surface area is 183 Å². The largest absolute Gasteiger partial charge is 0.361 e. The fraction of sp³-hybridized carbons (Fsp3) is 0.524. The molecule has 0 bridgehead atoms. The highest BCUT2D eigenvalue weighted by molar-refractivity contribution is 14.0. The van der Waals surface area contributed by atoms with Gasteiger partial charge in [-0.1, -0.05) is 31.1 Å². The minimum Gasteiger partial charge on any atom is -0.361 e. The molecule has 2 N–H and O–H groups in total. The van der Waals surface area contributed by atoms with Crippen LogP contribution in [0.2, 0.25) is 0 Å². The lowest BCUT2D eigenvalue weighted by molar-refractivity contribution is 0.380. The van der Waals surface area contributed by atoms with Gasteiger partial charge in [-0.3, -0.25) is 0 Å². The highest BCUT2D eigenvalue weighted by Crippen LogP contribution is 2.47. The van der Waals surface area contributed by atoms with Gasteiger partial charge in [-0.2, -0.15) is 0 Å². The molecule has 0 unspecified atom stereocenters. The molecule has 7 heteroatoms. The van der Waals surface area contributed by atoms with E-state index >= 15 is 0 Å². The summed E-state index contributed by atoms with van der Waals surface area (Å²) in [5.41, 5.74) is 3.14. The van der Waals surface area contributed by atoms with Crippen LogP contribution in [0.4, 0.5) is 4.39 Å². The highest BCUT2D eigenvalue weighted by atomic mass is 127. The first kappa shape index (κ1) is 22.6. The van der Waals surface area contributed by atoms with Crippen molar-refractivity contribution in [3.8, 4) is 0 Å². The molecule has 5 nitrogen and oxygen atoms in total. The summed E-state index contributed by atoms with van der Waals surface area (Å²) in [4.78, 5) is 4.74. The lowest BCUT2D eigenvalue weighted by Gasteiger charge is -2.19. The van der Waals surface area contributed by atoms with E-state index in [2.05, 4.69) is 29.6 Å². The molecular formula is C21H30FIN4O. The topological polar surface area (TPSA) is 62.5 Å². The number of hydrogen-bond acceptors (Lipinski definition) is 3. The van der Waals surface area contributed by atoms with E-state index in [0.29, 0.717) is 6.54 Å². The number of nitrogens with zero attached hydrogens (tertiary/aromatic N) is 2. The van der Waals surface area contributed by atoms with Gasteiger partial charge in [-0.05, 0) is 43.9 Å². The van der Waals surface area contributed by atoms with Gasteiger partial charge in [0.15, 0.2) is 5.96 Å². The minimum absolute atomic E-state index is 0. The minimum atomic E-state index is -0.175. The molecule has 0 spiro atoms. The van der Waals surface area contributed by atoms with Crippen LogP contribution < -0.4 is 10.6 Å². The summed E-state index contributed by atoms with van der Waals surface area (Å²) >= 11 is 0. The number of guanidine groups is 1. The Bertz CT molecular complexity index is 780. The van der Waals surface area contributed by atoms with Gasteiger partial charge in [0.05, 0.1) is 12.2 Å². The fourth-order valence-electron chi connectivity index (χ4n) is 3.41. The lowest BCUT2D eigenvalue weighted by atomic mass is 9.96. The standard InChI is InChI=1S/C21H29FN4O.HI/c1-4-18-17(19(5-2)27-26-18)13-24-20(23-6-3)25-14-21(10-11-21)15-8-7-9-16(22)12-15;/h7-9,12H,4-6,10-11,13-14H2,1-3H3,(H2,23,24,25);1H.